The van der Waals surface area contributed by atoms with Crippen molar-refractivity contribution in [2.75, 3.05) is 0 Å². The Morgan fingerprint density at radius 2 is 1.13 bits per heavy atom. The number of rotatable bonds is 9. The van der Waals surface area contributed by atoms with Gasteiger partial charge in [-0.25, -0.2) is 0 Å². The molecule has 0 bridgehead atoms. The summed E-state index contributed by atoms with van der Waals surface area (Å²) in [6, 6.07) is 73.8. The lowest BCUT2D eigenvalue weighted by Gasteiger charge is -2.35. The molecule has 334 valence electrons. The highest BCUT2D eigenvalue weighted by Gasteiger charge is 2.47. The Hall–Kier alpha value is -8.47. The number of aliphatic imine (C=N–C) groups is 1. The second-order valence-electron chi connectivity index (χ2n) is 16.2. The summed E-state index contributed by atoms with van der Waals surface area (Å²) >= 11 is 0. The zero-order valence-electron chi connectivity index (χ0n) is 38.9. The molecule has 0 atom stereocenters. The van der Waals surface area contributed by atoms with E-state index in [1.807, 2.05) is 51.1 Å². The first kappa shape index (κ1) is 46.1. The second-order valence-corrected chi connectivity index (χ2v) is 16.2. The van der Waals surface area contributed by atoms with Crippen molar-refractivity contribution in [3.8, 4) is 28.0 Å². The van der Waals surface area contributed by atoms with Crippen LogP contribution in [0.2, 0.25) is 0 Å². The normalized spacial score (nSPS) is 14.5. The van der Waals surface area contributed by atoms with Crippen molar-refractivity contribution in [2.45, 2.75) is 32.7 Å². The molecule has 1 aliphatic heterocycles. The molecule has 0 spiro atoms. The van der Waals surface area contributed by atoms with E-state index in [9.17, 15) is 5.11 Å². The number of hydrogen-bond acceptors (Lipinski definition) is 4. The van der Waals surface area contributed by atoms with Crippen LogP contribution in [0.5, 0.6) is 5.75 Å². The van der Waals surface area contributed by atoms with Crippen LogP contribution in [0.3, 0.4) is 0 Å². The maximum absolute atomic E-state index is 10.6. The van der Waals surface area contributed by atoms with Gasteiger partial charge >= 0.3 is 0 Å². The van der Waals surface area contributed by atoms with Crippen molar-refractivity contribution in [3.63, 3.8) is 0 Å². The summed E-state index contributed by atoms with van der Waals surface area (Å²) in [4.78, 5) is 5.25. The molecule has 0 fully saturated rings. The van der Waals surface area contributed by atoms with Gasteiger partial charge in [-0.05, 0) is 105 Å². The molecule has 0 aromatic heterocycles. The van der Waals surface area contributed by atoms with E-state index in [1.165, 1.54) is 5.56 Å². The van der Waals surface area contributed by atoms with Crippen molar-refractivity contribution in [2.24, 2.45) is 10.7 Å². The van der Waals surface area contributed by atoms with Crippen LogP contribution in [0, 0.1) is 0 Å². The summed E-state index contributed by atoms with van der Waals surface area (Å²) in [6.07, 6.45) is 8.69. The Labute approximate surface area is 401 Å². The molecule has 2 aliphatic rings. The molecule has 4 nitrogen and oxygen atoms in total. The smallest absolute Gasteiger partial charge is 0.161 e. The summed E-state index contributed by atoms with van der Waals surface area (Å²) in [5.74, 6) is 0.890. The third-order valence-electron chi connectivity index (χ3n) is 12.1. The molecule has 3 N–H and O–H groups in total. The second kappa shape index (κ2) is 21.7. The predicted molar refractivity (Wildman–Crippen MR) is 286 cm³/mol. The van der Waals surface area contributed by atoms with E-state index in [0.717, 1.165) is 84.3 Å². The molecule has 0 unspecified atom stereocenters. The fraction of sp³-hybridized carbons (Fsp3) is 0.0781. The summed E-state index contributed by atoms with van der Waals surface area (Å²) in [5, 5.41) is 10.6. The predicted octanol–water partition coefficient (Wildman–Crippen LogP) is 15.7. The lowest BCUT2D eigenvalue weighted by atomic mass is 9.66. The molecule has 0 saturated heterocycles. The van der Waals surface area contributed by atoms with Gasteiger partial charge in [-0.3, -0.25) is 4.99 Å². The van der Waals surface area contributed by atoms with E-state index in [0.29, 0.717) is 23.8 Å². The molecule has 1 aliphatic carbocycles. The van der Waals surface area contributed by atoms with E-state index in [-0.39, 0.29) is 0 Å². The number of fused-ring (bicyclic) bond motifs is 4. The van der Waals surface area contributed by atoms with Crippen LogP contribution >= 0.6 is 0 Å². The number of ether oxygens (including phenoxy) is 1. The summed E-state index contributed by atoms with van der Waals surface area (Å²) in [6.45, 7) is 9.71. The SMILES string of the molecule is C=CC.CC.N/C(=C\C(=NCc1cccc(-c2ccccc2)c1)c1cccc(-c2ccccc2)c1)c1ccc2c(c1)OC(=C\O)/C=C\C1=C2c2ccccc2C1(c1ccccc1)c1ccccc1. The van der Waals surface area contributed by atoms with Gasteiger partial charge in [0.1, 0.15) is 12.0 Å². The molecule has 8 aromatic rings. The number of nitrogens with two attached hydrogens (primary N) is 1. The van der Waals surface area contributed by atoms with Crippen LogP contribution in [0.4, 0.5) is 0 Å². The molecular weight excluding hydrogens is 829 g/mol. The lowest BCUT2D eigenvalue weighted by molar-refractivity contribution is 0.387. The van der Waals surface area contributed by atoms with Gasteiger partial charge in [0.25, 0.3) is 0 Å². The highest BCUT2D eigenvalue weighted by molar-refractivity contribution is 6.12. The Morgan fingerprint density at radius 1 is 0.588 bits per heavy atom. The Morgan fingerprint density at radius 3 is 1.75 bits per heavy atom. The molecule has 10 rings (SSSR count). The third-order valence-corrected chi connectivity index (χ3v) is 12.1. The summed E-state index contributed by atoms with van der Waals surface area (Å²) in [5.41, 5.74) is 22.7. The number of hydrogen-bond donors (Lipinski definition) is 2. The van der Waals surface area contributed by atoms with E-state index in [1.54, 1.807) is 6.08 Å². The van der Waals surface area contributed by atoms with E-state index in [4.69, 9.17) is 15.5 Å². The molecule has 68 heavy (non-hydrogen) atoms. The van der Waals surface area contributed by atoms with E-state index in [2.05, 4.69) is 207 Å². The fourth-order valence-electron chi connectivity index (χ4n) is 9.15. The van der Waals surface area contributed by atoms with Gasteiger partial charge in [0.2, 0.25) is 0 Å². The van der Waals surface area contributed by atoms with Gasteiger partial charge in [0.15, 0.2) is 5.76 Å². The van der Waals surface area contributed by atoms with Crippen LogP contribution in [0.25, 0.3) is 33.5 Å². The highest BCUT2D eigenvalue weighted by Crippen LogP contribution is 2.58. The maximum atomic E-state index is 10.6. The summed E-state index contributed by atoms with van der Waals surface area (Å²) in [7, 11) is 0. The zero-order chi connectivity index (χ0) is 47.3. The fourth-order valence-corrected chi connectivity index (χ4v) is 9.15. The van der Waals surface area contributed by atoms with Crippen LogP contribution < -0.4 is 10.5 Å². The monoisotopic (exact) mass is 884 g/mol. The maximum Gasteiger partial charge on any atom is 0.161 e. The highest BCUT2D eigenvalue weighted by atomic mass is 16.5. The Balaban J connectivity index is 0.00000120. The van der Waals surface area contributed by atoms with Gasteiger partial charge in [-0.1, -0.05) is 214 Å². The van der Waals surface area contributed by atoms with Gasteiger partial charge in [0, 0.05) is 22.4 Å². The largest absolute Gasteiger partial charge is 0.512 e. The minimum absolute atomic E-state index is 0.311. The first-order valence-corrected chi connectivity index (χ1v) is 23.2. The third kappa shape index (κ3) is 9.44. The zero-order valence-corrected chi connectivity index (χ0v) is 38.9. The number of benzene rings is 8. The molecular formula is C64H56N2O2. The van der Waals surface area contributed by atoms with Gasteiger partial charge in [0.05, 0.1) is 17.7 Å². The van der Waals surface area contributed by atoms with Crippen LogP contribution in [-0.2, 0) is 12.0 Å². The average molecular weight is 885 g/mol. The minimum Gasteiger partial charge on any atom is -0.512 e. The minimum atomic E-state index is -0.641. The van der Waals surface area contributed by atoms with E-state index < -0.39 is 5.41 Å². The van der Waals surface area contributed by atoms with Gasteiger partial charge < -0.3 is 15.6 Å². The first-order chi connectivity index (χ1) is 33.5. The molecule has 1 heterocycles. The quantitative estimate of drug-likeness (QED) is 0.0862. The summed E-state index contributed by atoms with van der Waals surface area (Å²) < 4.78 is 6.56. The van der Waals surface area contributed by atoms with Crippen molar-refractivity contribution < 1.29 is 9.84 Å². The van der Waals surface area contributed by atoms with Crippen LogP contribution in [-0.4, -0.2) is 10.8 Å². The Bertz CT molecular complexity index is 3120. The molecule has 4 heteroatoms. The molecule has 8 aromatic carbocycles. The standard InChI is InChI=1S/C59H44N2O2.C3H6.C2H6/c60-55(38-56(47-24-16-23-45(36-47)43-20-7-2-8-21-43)61-39-41-17-15-22-44(35-41)42-18-5-1-6-19-42)46-31-33-52-57(37-46)63-50(40-62)32-34-54-58(52)51-29-13-14-30-53(51)59(54,48-25-9-3-10-26-48)49-27-11-4-12-28-49;1-3-2;1-2/h1-38,40,62H,39,60H2;3H,1H2,2H3;1-2H3/b34-32-,50-40-,55-38-,61-56?;;. The van der Waals surface area contributed by atoms with E-state index >= 15 is 0 Å². The van der Waals surface area contributed by atoms with Gasteiger partial charge in [-0.15, -0.1) is 6.58 Å². The number of aliphatic hydroxyl groups excluding tert-OH is 1. The average Bonchev–Trinajstić information content (AvgIpc) is 3.69. The van der Waals surface area contributed by atoms with Crippen molar-refractivity contribution in [1.82, 2.24) is 0 Å². The molecule has 0 radical (unpaired) electrons. The lowest BCUT2D eigenvalue weighted by Crippen LogP contribution is -2.29. The molecule has 0 amide bonds. The number of aliphatic hydroxyl groups is 1. The van der Waals surface area contributed by atoms with Crippen LogP contribution in [0.1, 0.15) is 65.3 Å². The van der Waals surface area contributed by atoms with Crippen molar-refractivity contribution in [1.29, 1.82) is 0 Å². The van der Waals surface area contributed by atoms with Gasteiger partial charge in [-0.2, -0.15) is 0 Å². The number of nitrogens with zero attached hydrogens (tertiary/aromatic N) is 1. The van der Waals surface area contributed by atoms with Crippen molar-refractivity contribution in [3.05, 3.63) is 305 Å². The Kier molecular flexibility index (Phi) is 14.7. The number of allylic oxidation sites excluding steroid dienone is 5. The van der Waals surface area contributed by atoms with Crippen molar-refractivity contribution >= 4 is 17.0 Å². The van der Waals surface area contributed by atoms with Crippen LogP contribution in [0.15, 0.2) is 266 Å². The molecule has 0 saturated carbocycles. The first-order valence-electron chi connectivity index (χ1n) is 23.2. The topological polar surface area (TPSA) is 67.8 Å².